The molecule has 0 saturated heterocycles. The zero-order chi connectivity index (χ0) is 14.3. The molecule has 0 radical (unpaired) electrons. The summed E-state index contributed by atoms with van der Waals surface area (Å²) >= 11 is 0. The van der Waals surface area contributed by atoms with Gasteiger partial charge < -0.3 is 9.47 Å². The van der Waals surface area contributed by atoms with Crippen LogP contribution in [0.1, 0.15) is 42.2 Å². The number of benzene rings is 2. The van der Waals surface area contributed by atoms with Gasteiger partial charge >= 0.3 is 0 Å². The van der Waals surface area contributed by atoms with Gasteiger partial charge in [0, 0.05) is 0 Å². The SMILES string of the molecule is COc1ccc(C2OC(C)(C)c3cc(C)ccc32)cc1. The molecule has 0 fully saturated rings. The van der Waals surface area contributed by atoms with Crippen LogP contribution in [0.4, 0.5) is 0 Å². The maximum atomic E-state index is 6.29. The summed E-state index contributed by atoms with van der Waals surface area (Å²) < 4.78 is 11.5. The molecule has 0 bridgehead atoms. The lowest BCUT2D eigenvalue weighted by Gasteiger charge is -2.21. The fourth-order valence-corrected chi connectivity index (χ4v) is 2.87. The molecule has 0 spiro atoms. The van der Waals surface area contributed by atoms with E-state index in [1.54, 1.807) is 7.11 Å². The van der Waals surface area contributed by atoms with Crippen LogP contribution in [0.15, 0.2) is 42.5 Å². The molecule has 2 aromatic carbocycles. The van der Waals surface area contributed by atoms with Crippen molar-refractivity contribution < 1.29 is 9.47 Å². The minimum absolute atomic E-state index is 0.00602. The highest BCUT2D eigenvalue weighted by Crippen LogP contribution is 2.46. The topological polar surface area (TPSA) is 18.5 Å². The molecule has 104 valence electrons. The van der Waals surface area contributed by atoms with Crippen molar-refractivity contribution in [3.8, 4) is 5.75 Å². The third kappa shape index (κ3) is 2.10. The minimum atomic E-state index is -0.244. The van der Waals surface area contributed by atoms with Crippen LogP contribution in [-0.4, -0.2) is 7.11 Å². The van der Waals surface area contributed by atoms with E-state index in [9.17, 15) is 0 Å². The predicted octanol–water partition coefficient (Wildman–Crippen LogP) is 4.36. The Bertz CT molecular complexity index is 626. The summed E-state index contributed by atoms with van der Waals surface area (Å²) in [6.45, 7) is 6.39. The molecule has 0 amide bonds. The van der Waals surface area contributed by atoms with E-state index in [2.05, 4.69) is 51.1 Å². The summed E-state index contributed by atoms with van der Waals surface area (Å²) in [6, 6.07) is 14.7. The number of aryl methyl sites for hydroxylation is 1. The summed E-state index contributed by atoms with van der Waals surface area (Å²) in [6.07, 6.45) is 0.00602. The summed E-state index contributed by atoms with van der Waals surface area (Å²) in [5.41, 5.74) is 4.76. The van der Waals surface area contributed by atoms with Crippen molar-refractivity contribution in [1.82, 2.24) is 0 Å². The van der Waals surface area contributed by atoms with E-state index in [1.165, 1.54) is 22.3 Å². The maximum absolute atomic E-state index is 6.29. The molecule has 1 aliphatic rings. The fraction of sp³-hybridized carbons (Fsp3) is 0.333. The number of methoxy groups -OCH3 is 1. The standard InChI is InChI=1S/C18H20O2/c1-12-5-10-15-16(11-12)18(2,3)20-17(15)13-6-8-14(19-4)9-7-13/h5-11,17H,1-4H3. The zero-order valence-corrected chi connectivity index (χ0v) is 12.4. The fourth-order valence-electron chi connectivity index (χ4n) is 2.87. The van der Waals surface area contributed by atoms with E-state index in [4.69, 9.17) is 9.47 Å². The third-order valence-electron chi connectivity index (χ3n) is 3.97. The molecule has 3 rings (SSSR count). The molecule has 1 heterocycles. The van der Waals surface area contributed by atoms with Crippen LogP contribution >= 0.6 is 0 Å². The monoisotopic (exact) mass is 268 g/mol. The van der Waals surface area contributed by atoms with Crippen molar-refractivity contribution in [2.45, 2.75) is 32.5 Å². The maximum Gasteiger partial charge on any atom is 0.118 e. The van der Waals surface area contributed by atoms with Gasteiger partial charge in [-0.1, -0.05) is 35.9 Å². The summed E-state index contributed by atoms with van der Waals surface area (Å²) in [5.74, 6) is 0.870. The van der Waals surface area contributed by atoms with Gasteiger partial charge in [-0.3, -0.25) is 0 Å². The molecule has 1 aliphatic heterocycles. The van der Waals surface area contributed by atoms with E-state index >= 15 is 0 Å². The molecule has 1 unspecified atom stereocenters. The number of fused-ring (bicyclic) bond motifs is 1. The lowest BCUT2D eigenvalue weighted by atomic mass is 9.91. The molecule has 0 N–H and O–H groups in total. The van der Waals surface area contributed by atoms with E-state index in [-0.39, 0.29) is 11.7 Å². The lowest BCUT2D eigenvalue weighted by molar-refractivity contribution is -0.0341. The highest BCUT2D eigenvalue weighted by atomic mass is 16.5. The first kappa shape index (κ1) is 13.2. The Morgan fingerprint density at radius 2 is 1.75 bits per heavy atom. The molecule has 0 saturated carbocycles. The first-order chi connectivity index (χ1) is 9.51. The first-order valence-corrected chi connectivity index (χ1v) is 6.94. The third-order valence-corrected chi connectivity index (χ3v) is 3.97. The summed E-state index contributed by atoms with van der Waals surface area (Å²) in [7, 11) is 1.68. The van der Waals surface area contributed by atoms with Crippen molar-refractivity contribution >= 4 is 0 Å². The summed E-state index contributed by atoms with van der Waals surface area (Å²) in [4.78, 5) is 0. The molecule has 20 heavy (non-hydrogen) atoms. The molecular formula is C18H20O2. The molecule has 2 heteroatoms. The zero-order valence-electron chi connectivity index (χ0n) is 12.4. The second-order valence-corrected chi connectivity index (χ2v) is 5.87. The van der Waals surface area contributed by atoms with Gasteiger partial charge in [0.2, 0.25) is 0 Å². The Morgan fingerprint density at radius 3 is 2.40 bits per heavy atom. The van der Waals surface area contributed by atoms with Gasteiger partial charge in [-0.05, 0) is 49.6 Å². The number of ether oxygens (including phenoxy) is 2. The Labute approximate surface area is 120 Å². The van der Waals surface area contributed by atoms with Gasteiger partial charge in [-0.15, -0.1) is 0 Å². The smallest absolute Gasteiger partial charge is 0.118 e. The van der Waals surface area contributed by atoms with Crippen molar-refractivity contribution in [3.63, 3.8) is 0 Å². The Balaban J connectivity index is 2.04. The highest BCUT2D eigenvalue weighted by molar-refractivity contribution is 5.45. The first-order valence-electron chi connectivity index (χ1n) is 6.94. The molecule has 2 nitrogen and oxygen atoms in total. The van der Waals surface area contributed by atoms with Gasteiger partial charge in [0.1, 0.15) is 11.9 Å². The van der Waals surface area contributed by atoms with Crippen LogP contribution in [0, 0.1) is 6.92 Å². The van der Waals surface area contributed by atoms with Crippen LogP contribution < -0.4 is 4.74 Å². The predicted molar refractivity (Wildman–Crippen MR) is 80.1 cm³/mol. The van der Waals surface area contributed by atoms with Gasteiger partial charge in [-0.25, -0.2) is 0 Å². The quantitative estimate of drug-likeness (QED) is 0.805. The largest absolute Gasteiger partial charge is 0.497 e. The highest BCUT2D eigenvalue weighted by Gasteiger charge is 2.38. The van der Waals surface area contributed by atoms with Crippen LogP contribution in [0.2, 0.25) is 0 Å². The second-order valence-electron chi connectivity index (χ2n) is 5.87. The lowest BCUT2D eigenvalue weighted by Crippen LogP contribution is -2.16. The molecule has 2 aromatic rings. The normalized spacial score (nSPS) is 19.7. The van der Waals surface area contributed by atoms with E-state index < -0.39 is 0 Å². The minimum Gasteiger partial charge on any atom is -0.497 e. The Hall–Kier alpha value is -1.80. The molecule has 1 atom stereocenters. The van der Waals surface area contributed by atoms with Crippen molar-refractivity contribution in [1.29, 1.82) is 0 Å². The molecule has 0 aromatic heterocycles. The van der Waals surface area contributed by atoms with Crippen molar-refractivity contribution in [3.05, 3.63) is 64.7 Å². The average Bonchev–Trinajstić information content (AvgIpc) is 2.71. The second kappa shape index (κ2) is 4.64. The molecule has 0 aliphatic carbocycles. The summed E-state index contributed by atoms with van der Waals surface area (Å²) in [5, 5.41) is 0. The van der Waals surface area contributed by atoms with Crippen molar-refractivity contribution in [2.24, 2.45) is 0 Å². The molecular weight excluding hydrogens is 248 g/mol. The van der Waals surface area contributed by atoms with Gasteiger partial charge in [0.05, 0.1) is 12.7 Å². The van der Waals surface area contributed by atoms with Gasteiger partial charge in [0.25, 0.3) is 0 Å². The van der Waals surface area contributed by atoms with Gasteiger partial charge in [-0.2, -0.15) is 0 Å². The van der Waals surface area contributed by atoms with Crippen molar-refractivity contribution in [2.75, 3.05) is 7.11 Å². The van der Waals surface area contributed by atoms with Crippen LogP contribution in [-0.2, 0) is 10.3 Å². The van der Waals surface area contributed by atoms with Crippen LogP contribution in [0.3, 0.4) is 0 Å². The number of hydrogen-bond donors (Lipinski definition) is 0. The van der Waals surface area contributed by atoms with E-state index in [0.717, 1.165) is 5.75 Å². The Kier molecular flexibility index (Phi) is 3.06. The van der Waals surface area contributed by atoms with Gasteiger partial charge in [0.15, 0.2) is 0 Å². The number of hydrogen-bond acceptors (Lipinski definition) is 2. The van der Waals surface area contributed by atoms with Crippen LogP contribution in [0.5, 0.6) is 5.75 Å². The van der Waals surface area contributed by atoms with E-state index in [1.807, 2.05) is 12.1 Å². The Morgan fingerprint density at radius 1 is 1.05 bits per heavy atom. The number of rotatable bonds is 2. The van der Waals surface area contributed by atoms with Crippen LogP contribution in [0.25, 0.3) is 0 Å². The van der Waals surface area contributed by atoms with E-state index in [0.29, 0.717) is 0 Å². The average molecular weight is 268 g/mol.